The van der Waals surface area contributed by atoms with Gasteiger partial charge in [-0.15, -0.1) is 0 Å². The van der Waals surface area contributed by atoms with Crippen LogP contribution in [-0.2, 0) is 4.74 Å². The zero-order valence-electron chi connectivity index (χ0n) is 10.8. The summed E-state index contributed by atoms with van der Waals surface area (Å²) in [5.41, 5.74) is 0. The topological polar surface area (TPSA) is 21.3 Å². The van der Waals surface area contributed by atoms with Crippen molar-refractivity contribution >= 4 is 0 Å². The molecule has 1 heterocycles. The van der Waals surface area contributed by atoms with Crippen LogP contribution in [0.1, 0.15) is 47.0 Å². The molecule has 15 heavy (non-hydrogen) atoms. The Kier molecular flexibility index (Phi) is 9.96. The number of ether oxygens (including phenoxy) is 1. The van der Waals surface area contributed by atoms with Gasteiger partial charge in [-0.25, -0.2) is 0 Å². The van der Waals surface area contributed by atoms with Crippen molar-refractivity contribution in [3.8, 4) is 0 Å². The molecule has 0 aromatic carbocycles. The second-order valence-corrected chi connectivity index (χ2v) is 3.38. The Morgan fingerprint density at radius 1 is 1.00 bits per heavy atom. The highest BCUT2D eigenvalue weighted by atomic mass is 16.5. The SMILES string of the molecule is C1=CCC(NC2COC2)CC1.CC.CC. The van der Waals surface area contributed by atoms with Crippen molar-refractivity contribution in [2.45, 2.75) is 59.0 Å². The van der Waals surface area contributed by atoms with Crippen LogP contribution in [0.25, 0.3) is 0 Å². The summed E-state index contributed by atoms with van der Waals surface area (Å²) in [6, 6.07) is 1.36. The van der Waals surface area contributed by atoms with E-state index in [0.29, 0.717) is 12.1 Å². The number of hydrogen-bond acceptors (Lipinski definition) is 2. The zero-order valence-corrected chi connectivity index (χ0v) is 10.8. The zero-order chi connectivity index (χ0) is 11.5. The van der Waals surface area contributed by atoms with Gasteiger partial charge in [-0.2, -0.15) is 0 Å². The molecule has 2 rings (SSSR count). The van der Waals surface area contributed by atoms with Crippen molar-refractivity contribution in [2.75, 3.05) is 13.2 Å². The first-order valence-corrected chi connectivity index (χ1v) is 6.44. The van der Waals surface area contributed by atoms with E-state index in [1.165, 1.54) is 19.3 Å². The number of nitrogens with one attached hydrogen (secondary N) is 1. The van der Waals surface area contributed by atoms with Crippen LogP contribution in [0.15, 0.2) is 12.2 Å². The molecule has 1 unspecified atom stereocenters. The van der Waals surface area contributed by atoms with Crippen LogP contribution in [0.2, 0.25) is 0 Å². The summed E-state index contributed by atoms with van der Waals surface area (Å²) < 4.78 is 5.10. The summed E-state index contributed by atoms with van der Waals surface area (Å²) in [5, 5.41) is 3.58. The third kappa shape index (κ3) is 5.95. The maximum atomic E-state index is 5.10. The molecular weight excluding hydrogens is 186 g/mol. The predicted molar refractivity (Wildman–Crippen MR) is 67.2 cm³/mol. The highest BCUT2D eigenvalue weighted by Gasteiger charge is 2.21. The summed E-state index contributed by atoms with van der Waals surface area (Å²) in [5.74, 6) is 0. The van der Waals surface area contributed by atoms with Gasteiger partial charge in [0, 0.05) is 6.04 Å². The van der Waals surface area contributed by atoms with Crippen LogP contribution in [0.5, 0.6) is 0 Å². The fraction of sp³-hybridized carbons (Fsp3) is 0.846. The highest BCUT2D eigenvalue weighted by molar-refractivity contribution is 4.94. The molecule has 0 aromatic heterocycles. The van der Waals surface area contributed by atoms with Gasteiger partial charge >= 0.3 is 0 Å². The van der Waals surface area contributed by atoms with E-state index in [1.54, 1.807) is 0 Å². The maximum absolute atomic E-state index is 5.10. The molecule has 0 saturated carbocycles. The van der Waals surface area contributed by atoms with Crippen LogP contribution in [0.4, 0.5) is 0 Å². The van der Waals surface area contributed by atoms with Crippen molar-refractivity contribution in [3.05, 3.63) is 12.2 Å². The molecule has 1 aliphatic heterocycles. The van der Waals surface area contributed by atoms with Crippen molar-refractivity contribution < 1.29 is 4.74 Å². The monoisotopic (exact) mass is 213 g/mol. The van der Waals surface area contributed by atoms with Gasteiger partial charge in [0.2, 0.25) is 0 Å². The van der Waals surface area contributed by atoms with Crippen molar-refractivity contribution in [1.82, 2.24) is 5.32 Å². The Bertz CT molecular complexity index is 153. The van der Waals surface area contributed by atoms with Crippen molar-refractivity contribution in [3.63, 3.8) is 0 Å². The van der Waals surface area contributed by atoms with Crippen LogP contribution in [-0.4, -0.2) is 25.3 Å². The van der Waals surface area contributed by atoms with E-state index in [0.717, 1.165) is 13.2 Å². The summed E-state index contributed by atoms with van der Waals surface area (Å²) in [4.78, 5) is 0. The molecule has 90 valence electrons. The first-order valence-electron chi connectivity index (χ1n) is 6.44. The Morgan fingerprint density at radius 3 is 2.07 bits per heavy atom. The lowest BCUT2D eigenvalue weighted by Crippen LogP contribution is -2.50. The van der Waals surface area contributed by atoms with Gasteiger partial charge in [-0.05, 0) is 19.3 Å². The normalized spacial score (nSPS) is 24.1. The number of hydrogen-bond donors (Lipinski definition) is 1. The minimum absolute atomic E-state index is 0.645. The Balaban J connectivity index is 0.000000442. The van der Waals surface area contributed by atoms with Crippen molar-refractivity contribution in [2.24, 2.45) is 0 Å². The molecule has 1 atom stereocenters. The summed E-state index contributed by atoms with van der Waals surface area (Å²) in [6.45, 7) is 9.83. The molecule has 2 aliphatic rings. The van der Waals surface area contributed by atoms with E-state index >= 15 is 0 Å². The van der Waals surface area contributed by atoms with E-state index < -0.39 is 0 Å². The minimum atomic E-state index is 0.645. The summed E-state index contributed by atoms with van der Waals surface area (Å²) >= 11 is 0. The lowest BCUT2D eigenvalue weighted by molar-refractivity contribution is -0.0104. The molecule has 1 aliphatic carbocycles. The molecule has 2 nitrogen and oxygen atoms in total. The standard InChI is InChI=1S/C9H15NO.2C2H6/c1-2-4-8(5-3-1)10-9-6-11-7-9;2*1-2/h1-2,8-10H,3-7H2;2*1-2H3. The van der Waals surface area contributed by atoms with Gasteiger partial charge in [0.1, 0.15) is 0 Å². The minimum Gasteiger partial charge on any atom is -0.378 e. The lowest BCUT2D eigenvalue weighted by Gasteiger charge is -2.32. The molecule has 0 spiro atoms. The predicted octanol–water partition coefficient (Wildman–Crippen LogP) is 3.14. The molecule has 1 fully saturated rings. The second kappa shape index (κ2) is 10.2. The Hall–Kier alpha value is -0.340. The highest BCUT2D eigenvalue weighted by Crippen LogP contribution is 2.12. The lowest BCUT2D eigenvalue weighted by atomic mass is 10.0. The summed E-state index contributed by atoms with van der Waals surface area (Å²) in [6.07, 6.45) is 8.30. The van der Waals surface area contributed by atoms with Gasteiger partial charge in [0.05, 0.1) is 19.3 Å². The molecule has 0 bridgehead atoms. The van der Waals surface area contributed by atoms with Crippen LogP contribution < -0.4 is 5.32 Å². The summed E-state index contributed by atoms with van der Waals surface area (Å²) in [7, 11) is 0. The fourth-order valence-corrected chi connectivity index (χ4v) is 1.61. The van der Waals surface area contributed by atoms with Gasteiger partial charge in [-0.3, -0.25) is 0 Å². The average Bonchev–Trinajstić information content (AvgIpc) is 2.31. The Labute approximate surface area is 95.1 Å². The number of allylic oxidation sites excluding steroid dienone is 1. The fourth-order valence-electron chi connectivity index (χ4n) is 1.61. The second-order valence-electron chi connectivity index (χ2n) is 3.38. The Morgan fingerprint density at radius 2 is 1.67 bits per heavy atom. The van der Waals surface area contributed by atoms with Gasteiger partial charge < -0.3 is 10.1 Å². The molecule has 1 N–H and O–H groups in total. The first kappa shape index (κ1) is 14.7. The third-order valence-electron chi connectivity index (χ3n) is 2.38. The van der Waals surface area contributed by atoms with Gasteiger partial charge in [-0.1, -0.05) is 39.8 Å². The molecule has 2 heteroatoms. The molecule has 0 radical (unpaired) electrons. The third-order valence-corrected chi connectivity index (χ3v) is 2.38. The van der Waals surface area contributed by atoms with Gasteiger partial charge in [0.25, 0.3) is 0 Å². The van der Waals surface area contributed by atoms with E-state index in [1.807, 2.05) is 27.7 Å². The largest absolute Gasteiger partial charge is 0.378 e. The molecule has 0 amide bonds. The smallest absolute Gasteiger partial charge is 0.0643 e. The quantitative estimate of drug-likeness (QED) is 0.712. The number of rotatable bonds is 2. The molecule has 1 saturated heterocycles. The van der Waals surface area contributed by atoms with E-state index in [-0.39, 0.29) is 0 Å². The van der Waals surface area contributed by atoms with Crippen LogP contribution >= 0.6 is 0 Å². The molecular formula is C13H27NO. The first-order chi connectivity index (χ1) is 7.45. The van der Waals surface area contributed by atoms with Gasteiger partial charge in [0.15, 0.2) is 0 Å². The maximum Gasteiger partial charge on any atom is 0.0643 e. The van der Waals surface area contributed by atoms with E-state index in [9.17, 15) is 0 Å². The van der Waals surface area contributed by atoms with Crippen molar-refractivity contribution in [1.29, 1.82) is 0 Å². The van der Waals surface area contributed by atoms with Crippen LogP contribution in [0, 0.1) is 0 Å². The average molecular weight is 213 g/mol. The van der Waals surface area contributed by atoms with E-state index in [4.69, 9.17) is 4.74 Å². The molecule has 0 aromatic rings. The van der Waals surface area contributed by atoms with Crippen LogP contribution in [0.3, 0.4) is 0 Å². The van der Waals surface area contributed by atoms with E-state index in [2.05, 4.69) is 17.5 Å².